The van der Waals surface area contributed by atoms with Gasteiger partial charge in [0.2, 0.25) is 0 Å². The summed E-state index contributed by atoms with van der Waals surface area (Å²) in [5, 5.41) is 0. The molecule has 1 aromatic rings. The maximum absolute atomic E-state index is 5.59. The molecular weight excluding hydrogens is 254 g/mol. The van der Waals surface area contributed by atoms with Crippen LogP contribution in [0.4, 0.5) is 11.6 Å². The number of methoxy groups -OCH3 is 1. The lowest BCUT2D eigenvalue weighted by atomic mass is 10.1. The van der Waals surface area contributed by atoms with Crippen molar-refractivity contribution in [1.29, 1.82) is 0 Å². The molecule has 3 N–H and O–H groups in total. The van der Waals surface area contributed by atoms with E-state index in [4.69, 9.17) is 15.6 Å². The molecule has 20 heavy (non-hydrogen) atoms. The molecule has 1 fully saturated rings. The number of rotatable bonds is 4. The fraction of sp³-hybridized carbons (Fsp3) is 0.714. The zero-order chi connectivity index (χ0) is 14.7. The highest BCUT2D eigenvalue weighted by Crippen LogP contribution is 2.28. The van der Waals surface area contributed by atoms with Crippen LogP contribution < -0.4 is 16.2 Å². The highest BCUT2D eigenvalue weighted by molar-refractivity contribution is 5.58. The molecule has 0 amide bonds. The van der Waals surface area contributed by atoms with Crippen LogP contribution in [0.3, 0.4) is 0 Å². The molecule has 2 rings (SSSR count). The Bertz CT molecular complexity index is 463. The van der Waals surface area contributed by atoms with Gasteiger partial charge in [-0.05, 0) is 19.8 Å². The van der Waals surface area contributed by atoms with Crippen molar-refractivity contribution in [1.82, 2.24) is 9.97 Å². The summed E-state index contributed by atoms with van der Waals surface area (Å²) in [6, 6.07) is 0. The topological polar surface area (TPSA) is 76.3 Å². The molecule has 0 aliphatic carbocycles. The minimum atomic E-state index is 0.268. The van der Waals surface area contributed by atoms with Crippen LogP contribution in [0.25, 0.3) is 0 Å². The van der Waals surface area contributed by atoms with Crippen LogP contribution in [0.15, 0.2) is 0 Å². The molecule has 0 saturated carbocycles. The molecule has 1 aromatic heterocycles. The van der Waals surface area contributed by atoms with Crippen molar-refractivity contribution in [2.24, 2.45) is 5.84 Å². The maximum Gasteiger partial charge on any atom is 0.148 e. The van der Waals surface area contributed by atoms with Crippen molar-refractivity contribution in [3.05, 3.63) is 11.4 Å². The molecule has 1 atom stereocenters. The second-order valence-electron chi connectivity index (χ2n) is 5.62. The van der Waals surface area contributed by atoms with E-state index in [1.165, 1.54) is 0 Å². The normalized spacial score (nSPS) is 19.5. The summed E-state index contributed by atoms with van der Waals surface area (Å²) in [5.41, 5.74) is 3.68. The minimum absolute atomic E-state index is 0.268. The Morgan fingerprint density at radius 2 is 2.15 bits per heavy atom. The van der Waals surface area contributed by atoms with Crippen molar-refractivity contribution in [3.63, 3.8) is 0 Å². The SMILES string of the molecule is COC1CCCN(c2nc(C(C)C)nc(NN)c2C)C1. The van der Waals surface area contributed by atoms with E-state index in [-0.39, 0.29) is 12.0 Å². The van der Waals surface area contributed by atoms with E-state index in [2.05, 4.69) is 29.2 Å². The number of hydrogen-bond acceptors (Lipinski definition) is 6. The third kappa shape index (κ3) is 3.02. The fourth-order valence-corrected chi connectivity index (χ4v) is 2.55. The number of anilines is 2. The van der Waals surface area contributed by atoms with Crippen LogP contribution in [0.1, 0.15) is 44.0 Å². The quantitative estimate of drug-likeness (QED) is 0.646. The third-order valence-corrected chi connectivity index (χ3v) is 3.80. The Labute approximate surface area is 120 Å². The maximum atomic E-state index is 5.59. The molecule has 2 heterocycles. The number of nitrogen functional groups attached to an aromatic ring is 1. The van der Waals surface area contributed by atoms with Gasteiger partial charge < -0.3 is 15.1 Å². The molecule has 0 bridgehead atoms. The van der Waals surface area contributed by atoms with Crippen LogP contribution in [-0.2, 0) is 4.74 Å². The van der Waals surface area contributed by atoms with Gasteiger partial charge in [-0.1, -0.05) is 13.8 Å². The standard InChI is InChI=1S/C14H25N5O/c1-9(2)12-16-13(18-15)10(3)14(17-12)19-7-5-6-11(8-19)20-4/h9,11H,5-8,15H2,1-4H3,(H,16,17,18). The largest absolute Gasteiger partial charge is 0.380 e. The van der Waals surface area contributed by atoms with Gasteiger partial charge >= 0.3 is 0 Å². The fourth-order valence-electron chi connectivity index (χ4n) is 2.55. The zero-order valence-corrected chi connectivity index (χ0v) is 12.8. The van der Waals surface area contributed by atoms with E-state index in [1.807, 2.05) is 6.92 Å². The first-order valence-corrected chi connectivity index (χ1v) is 7.19. The summed E-state index contributed by atoms with van der Waals surface area (Å²) in [7, 11) is 1.77. The molecule has 1 aliphatic rings. The molecular formula is C14H25N5O. The number of hydrazine groups is 1. The van der Waals surface area contributed by atoms with Gasteiger partial charge in [0.05, 0.1) is 6.10 Å². The van der Waals surface area contributed by atoms with Gasteiger partial charge in [0.15, 0.2) is 0 Å². The minimum Gasteiger partial charge on any atom is -0.380 e. The van der Waals surface area contributed by atoms with Gasteiger partial charge in [0, 0.05) is 31.7 Å². The van der Waals surface area contributed by atoms with E-state index in [0.29, 0.717) is 5.82 Å². The van der Waals surface area contributed by atoms with Crippen LogP contribution in [0.5, 0.6) is 0 Å². The van der Waals surface area contributed by atoms with Crippen molar-refractivity contribution in [3.8, 4) is 0 Å². The third-order valence-electron chi connectivity index (χ3n) is 3.80. The first-order chi connectivity index (χ1) is 9.56. The molecule has 0 aromatic carbocycles. The first kappa shape index (κ1) is 15.0. The number of nitrogens with two attached hydrogens (primary N) is 1. The van der Waals surface area contributed by atoms with Gasteiger partial charge in [-0.15, -0.1) is 0 Å². The van der Waals surface area contributed by atoms with E-state index < -0.39 is 0 Å². The number of hydrogen-bond donors (Lipinski definition) is 2. The monoisotopic (exact) mass is 279 g/mol. The average Bonchev–Trinajstić information content (AvgIpc) is 2.47. The molecule has 1 aliphatic heterocycles. The molecule has 112 valence electrons. The molecule has 6 nitrogen and oxygen atoms in total. The van der Waals surface area contributed by atoms with Crippen molar-refractivity contribution < 1.29 is 4.74 Å². The number of ether oxygens (including phenoxy) is 1. The lowest BCUT2D eigenvalue weighted by molar-refractivity contribution is 0.0891. The van der Waals surface area contributed by atoms with Gasteiger partial charge in [-0.3, -0.25) is 0 Å². The van der Waals surface area contributed by atoms with Gasteiger partial charge in [0.25, 0.3) is 0 Å². The number of aromatic nitrogens is 2. The Kier molecular flexibility index (Phi) is 4.77. The van der Waals surface area contributed by atoms with Crippen LogP contribution >= 0.6 is 0 Å². The summed E-state index contributed by atoms with van der Waals surface area (Å²) in [5.74, 6) is 8.35. The Balaban J connectivity index is 2.36. The molecule has 0 radical (unpaired) electrons. The summed E-state index contributed by atoms with van der Waals surface area (Å²) in [6.45, 7) is 8.05. The lowest BCUT2D eigenvalue weighted by Gasteiger charge is -2.34. The van der Waals surface area contributed by atoms with Crippen LogP contribution in [0.2, 0.25) is 0 Å². The number of piperidine rings is 1. The van der Waals surface area contributed by atoms with Gasteiger partial charge in [-0.2, -0.15) is 0 Å². The number of nitrogens with one attached hydrogen (secondary N) is 1. The van der Waals surface area contributed by atoms with Crippen molar-refractivity contribution in [2.45, 2.75) is 45.6 Å². The summed E-state index contributed by atoms with van der Waals surface area (Å²) >= 11 is 0. The highest BCUT2D eigenvalue weighted by Gasteiger charge is 2.24. The van der Waals surface area contributed by atoms with Crippen molar-refractivity contribution in [2.75, 3.05) is 30.5 Å². The zero-order valence-electron chi connectivity index (χ0n) is 12.8. The average molecular weight is 279 g/mol. The van der Waals surface area contributed by atoms with Crippen LogP contribution in [0, 0.1) is 6.92 Å². The van der Waals surface area contributed by atoms with Gasteiger partial charge in [-0.25, -0.2) is 15.8 Å². The van der Waals surface area contributed by atoms with Gasteiger partial charge in [0.1, 0.15) is 17.5 Å². The van der Waals surface area contributed by atoms with Crippen molar-refractivity contribution >= 4 is 11.6 Å². The smallest absolute Gasteiger partial charge is 0.148 e. The molecule has 1 saturated heterocycles. The second-order valence-corrected chi connectivity index (χ2v) is 5.62. The Hall–Kier alpha value is -1.40. The van der Waals surface area contributed by atoms with E-state index >= 15 is 0 Å². The van der Waals surface area contributed by atoms with Crippen LogP contribution in [-0.4, -0.2) is 36.3 Å². The van der Waals surface area contributed by atoms with E-state index in [0.717, 1.165) is 43.1 Å². The molecule has 6 heteroatoms. The Morgan fingerprint density at radius 3 is 2.75 bits per heavy atom. The van der Waals surface area contributed by atoms with E-state index in [1.54, 1.807) is 7.11 Å². The summed E-state index contributed by atoms with van der Waals surface area (Å²) in [4.78, 5) is 11.5. The highest BCUT2D eigenvalue weighted by atomic mass is 16.5. The predicted molar refractivity (Wildman–Crippen MR) is 80.9 cm³/mol. The predicted octanol–water partition coefficient (Wildman–Crippen LogP) is 1.81. The first-order valence-electron chi connectivity index (χ1n) is 7.19. The summed E-state index contributed by atoms with van der Waals surface area (Å²) in [6.07, 6.45) is 2.50. The lowest BCUT2D eigenvalue weighted by Crippen LogP contribution is -2.40. The molecule has 0 spiro atoms. The molecule has 1 unspecified atom stereocenters. The number of nitrogens with zero attached hydrogens (tertiary/aromatic N) is 3. The Morgan fingerprint density at radius 1 is 1.40 bits per heavy atom. The summed E-state index contributed by atoms with van der Waals surface area (Å²) < 4.78 is 5.49. The van der Waals surface area contributed by atoms with E-state index in [9.17, 15) is 0 Å². The second kappa shape index (κ2) is 6.37.